The molecular formula is C16H14F3NO4S. The molecule has 0 fully saturated rings. The third-order valence-corrected chi connectivity index (χ3v) is 4.20. The van der Waals surface area contributed by atoms with E-state index < -0.39 is 28.5 Å². The molecule has 0 heterocycles. The summed E-state index contributed by atoms with van der Waals surface area (Å²) in [5.74, 6) is -0.656. The van der Waals surface area contributed by atoms with Crippen molar-refractivity contribution in [3.63, 3.8) is 0 Å². The lowest BCUT2D eigenvalue weighted by molar-refractivity contribution is -0.153. The Morgan fingerprint density at radius 1 is 1.08 bits per heavy atom. The van der Waals surface area contributed by atoms with Crippen molar-refractivity contribution in [3.05, 3.63) is 54.1 Å². The number of ether oxygens (including phenoxy) is 1. The third kappa shape index (κ3) is 5.49. The van der Waals surface area contributed by atoms with Crippen LogP contribution in [-0.4, -0.2) is 33.4 Å². The normalized spacial score (nSPS) is 11.8. The van der Waals surface area contributed by atoms with E-state index >= 15 is 0 Å². The van der Waals surface area contributed by atoms with E-state index in [0.29, 0.717) is 0 Å². The van der Waals surface area contributed by atoms with E-state index in [1.807, 2.05) is 0 Å². The first-order chi connectivity index (χ1) is 11.6. The van der Waals surface area contributed by atoms with Crippen molar-refractivity contribution in [2.75, 3.05) is 18.2 Å². The third-order valence-electron chi connectivity index (χ3n) is 3.05. The number of alkyl halides is 3. The molecule has 0 aliphatic carbocycles. The van der Waals surface area contributed by atoms with Gasteiger partial charge in [-0.3, -0.25) is 4.79 Å². The van der Waals surface area contributed by atoms with Gasteiger partial charge in [0.05, 0.1) is 10.5 Å². The van der Waals surface area contributed by atoms with Crippen molar-refractivity contribution in [2.24, 2.45) is 0 Å². The summed E-state index contributed by atoms with van der Waals surface area (Å²) >= 11 is 0. The van der Waals surface area contributed by atoms with Crippen molar-refractivity contribution in [3.8, 4) is 5.75 Å². The van der Waals surface area contributed by atoms with Crippen molar-refractivity contribution in [1.82, 2.24) is 0 Å². The Morgan fingerprint density at radius 2 is 1.68 bits per heavy atom. The highest BCUT2D eigenvalue weighted by Crippen LogP contribution is 2.21. The number of anilines is 1. The first-order valence-corrected chi connectivity index (χ1v) is 8.85. The number of sulfone groups is 1. The second-order valence-electron chi connectivity index (χ2n) is 5.15. The molecule has 0 spiro atoms. The zero-order chi connectivity index (χ0) is 18.7. The fourth-order valence-electron chi connectivity index (χ4n) is 1.98. The van der Waals surface area contributed by atoms with Crippen LogP contribution in [0.2, 0.25) is 0 Å². The molecule has 0 aliphatic heterocycles. The highest BCUT2D eigenvalue weighted by Gasteiger charge is 2.28. The molecule has 0 radical (unpaired) electrons. The summed E-state index contributed by atoms with van der Waals surface area (Å²) in [7, 11) is -3.59. The number of nitrogens with one attached hydrogen (secondary N) is 1. The van der Waals surface area contributed by atoms with Gasteiger partial charge in [0.15, 0.2) is 16.4 Å². The zero-order valence-corrected chi connectivity index (χ0v) is 13.8. The Kier molecular flexibility index (Phi) is 5.36. The Bertz CT molecular complexity index is 862. The number of benzene rings is 2. The van der Waals surface area contributed by atoms with Gasteiger partial charge in [0, 0.05) is 11.9 Å². The van der Waals surface area contributed by atoms with Crippen LogP contribution in [0.4, 0.5) is 18.9 Å². The summed E-state index contributed by atoms with van der Waals surface area (Å²) in [5, 5.41) is 2.49. The van der Waals surface area contributed by atoms with E-state index in [1.165, 1.54) is 48.5 Å². The molecule has 2 rings (SSSR count). The van der Waals surface area contributed by atoms with Gasteiger partial charge in [0.1, 0.15) is 5.75 Å². The molecule has 2 aromatic rings. The Hall–Kier alpha value is -2.55. The average molecular weight is 373 g/mol. The predicted octanol–water partition coefficient (Wildman–Crippen LogP) is 3.28. The SMILES string of the molecule is CS(=O)(=O)c1ccccc1C(=O)Nc1ccc(OCC(F)(F)F)cc1. The predicted molar refractivity (Wildman–Crippen MR) is 85.5 cm³/mol. The number of amides is 1. The maximum atomic E-state index is 12.3. The van der Waals surface area contributed by atoms with Gasteiger partial charge in [-0.25, -0.2) is 8.42 Å². The molecule has 134 valence electrons. The minimum Gasteiger partial charge on any atom is -0.484 e. The van der Waals surface area contributed by atoms with E-state index in [2.05, 4.69) is 10.1 Å². The van der Waals surface area contributed by atoms with Gasteiger partial charge in [-0.2, -0.15) is 13.2 Å². The first-order valence-electron chi connectivity index (χ1n) is 6.96. The van der Waals surface area contributed by atoms with E-state index in [1.54, 1.807) is 0 Å². The second kappa shape index (κ2) is 7.14. The zero-order valence-electron chi connectivity index (χ0n) is 13.0. The summed E-state index contributed by atoms with van der Waals surface area (Å²) in [6, 6.07) is 11.0. The Balaban J connectivity index is 2.12. The molecule has 0 atom stereocenters. The van der Waals surface area contributed by atoms with Gasteiger partial charge in [-0.15, -0.1) is 0 Å². The second-order valence-corrected chi connectivity index (χ2v) is 7.13. The van der Waals surface area contributed by atoms with Gasteiger partial charge in [-0.05, 0) is 36.4 Å². The topological polar surface area (TPSA) is 72.5 Å². The number of carbonyl (C=O) groups is 1. The molecule has 1 amide bonds. The molecule has 1 N–H and O–H groups in total. The maximum Gasteiger partial charge on any atom is 0.422 e. The van der Waals surface area contributed by atoms with Crippen molar-refractivity contribution >= 4 is 21.4 Å². The van der Waals surface area contributed by atoms with E-state index in [-0.39, 0.29) is 21.9 Å². The number of halogens is 3. The van der Waals surface area contributed by atoms with Gasteiger partial charge in [0.2, 0.25) is 0 Å². The van der Waals surface area contributed by atoms with Crippen LogP contribution in [0.3, 0.4) is 0 Å². The standard InChI is InChI=1S/C16H14F3NO4S/c1-25(22,23)14-5-3-2-4-13(14)15(21)20-11-6-8-12(9-7-11)24-10-16(17,18)19/h2-9H,10H2,1H3,(H,20,21). The fraction of sp³-hybridized carbons (Fsp3) is 0.188. The monoisotopic (exact) mass is 373 g/mol. The van der Waals surface area contributed by atoms with E-state index in [0.717, 1.165) is 6.26 Å². The fourth-order valence-corrected chi connectivity index (χ4v) is 2.86. The lowest BCUT2D eigenvalue weighted by atomic mass is 10.2. The molecule has 5 nitrogen and oxygen atoms in total. The summed E-state index contributed by atoms with van der Waals surface area (Å²) in [4.78, 5) is 12.2. The number of carbonyl (C=O) groups excluding carboxylic acids is 1. The molecule has 0 bridgehead atoms. The first kappa shape index (κ1) is 18.8. The van der Waals surface area contributed by atoms with Gasteiger partial charge in [0.25, 0.3) is 5.91 Å². The van der Waals surface area contributed by atoms with Crippen LogP contribution in [0.5, 0.6) is 5.75 Å². The molecule has 0 saturated carbocycles. The molecular weight excluding hydrogens is 359 g/mol. The van der Waals surface area contributed by atoms with E-state index in [4.69, 9.17) is 0 Å². The van der Waals surface area contributed by atoms with Gasteiger partial charge >= 0.3 is 6.18 Å². The molecule has 2 aromatic carbocycles. The van der Waals surface area contributed by atoms with E-state index in [9.17, 15) is 26.4 Å². The number of hydrogen-bond donors (Lipinski definition) is 1. The Labute approximate surface area is 142 Å². The molecule has 25 heavy (non-hydrogen) atoms. The minimum absolute atomic E-state index is 0.00754. The van der Waals surface area contributed by atoms with Crippen LogP contribution < -0.4 is 10.1 Å². The van der Waals surface area contributed by atoms with Crippen molar-refractivity contribution < 1.29 is 31.1 Å². The smallest absolute Gasteiger partial charge is 0.422 e. The highest BCUT2D eigenvalue weighted by molar-refractivity contribution is 7.90. The summed E-state index contributed by atoms with van der Waals surface area (Å²) in [5.41, 5.74) is 0.259. The average Bonchev–Trinajstić information content (AvgIpc) is 2.52. The minimum atomic E-state index is -4.44. The van der Waals surface area contributed by atoms with Crippen LogP contribution >= 0.6 is 0 Å². The summed E-state index contributed by atoms with van der Waals surface area (Å²) in [6.07, 6.45) is -3.45. The number of hydrogen-bond acceptors (Lipinski definition) is 4. The molecule has 0 unspecified atom stereocenters. The largest absolute Gasteiger partial charge is 0.484 e. The molecule has 0 saturated heterocycles. The van der Waals surface area contributed by atoms with Crippen molar-refractivity contribution in [1.29, 1.82) is 0 Å². The molecule has 9 heteroatoms. The van der Waals surface area contributed by atoms with Crippen LogP contribution in [0, 0.1) is 0 Å². The van der Waals surface area contributed by atoms with Gasteiger partial charge in [-0.1, -0.05) is 12.1 Å². The summed E-state index contributed by atoms with van der Waals surface area (Å²) in [6.45, 7) is -1.42. The van der Waals surface area contributed by atoms with Crippen molar-refractivity contribution in [2.45, 2.75) is 11.1 Å². The van der Waals surface area contributed by atoms with Crippen LogP contribution in [-0.2, 0) is 9.84 Å². The number of rotatable bonds is 5. The molecule has 0 aromatic heterocycles. The summed E-state index contributed by atoms with van der Waals surface area (Å²) < 4.78 is 64.3. The highest BCUT2D eigenvalue weighted by atomic mass is 32.2. The quantitative estimate of drug-likeness (QED) is 0.873. The van der Waals surface area contributed by atoms with Crippen LogP contribution in [0.15, 0.2) is 53.4 Å². The Morgan fingerprint density at radius 3 is 2.24 bits per heavy atom. The van der Waals surface area contributed by atoms with Gasteiger partial charge < -0.3 is 10.1 Å². The molecule has 0 aliphatic rings. The van der Waals surface area contributed by atoms with Crippen LogP contribution in [0.1, 0.15) is 10.4 Å². The van der Waals surface area contributed by atoms with Crippen LogP contribution in [0.25, 0.3) is 0 Å². The lowest BCUT2D eigenvalue weighted by Crippen LogP contribution is -2.19. The maximum absolute atomic E-state index is 12.3. The lowest BCUT2D eigenvalue weighted by Gasteiger charge is -2.11.